The van der Waals surface area contributed by atoms with Crippen molar-refractivity contribution in [2.45, 2.75) is 0 Å². The first-order valence-corrected chi connectivity index (χ1v) is 7.52. The topological polar surface area (TPSA) is 60.4 Å². The van der Waals surface area contributed by atoms with E-state index in [2.05, 4.69) is 22.6 Å². The van der Waals surface area contributed by atoms with Gasteiger partial charge in [-0.15, -0.1) is 0 Å². The van der Waals surface area contributed by atoms with Gasteiger partial charge in [0.1, 0.15) is 11.5 Å². The number of hydrogen-bond acceptors (Lipinski definition) is 4. The molecule has 0 radical (unpaired) electrons. The van der Waals surface area contributed by atoms with E-state index in [1.54, 1.807) is 18.2 Å². The smallest absolute Gasteiger partial charge is 0.181 e. The van der Waals surface area contributed by atoms with Crippen molar-refractivity contribution >= 4 is 38.2 Å². The molecule has 0 bridgehead atoms. The van der Waals surface area contributed by atoms with Gasteiger partial charge in [0.15, 0.2) is 15.6 Å². The summed E-state index contributed by atoms with van der Waals surface area (Å²) in [5.41, 5.74) is 0.305. The van der Waals surface area contributed by atoms with Crippen molar-refractivity contribution in [1.29, 1.82) is 0 Å². The lowest BCUT2D eigenvalue weighted by Crippen LogP contribution is -2.15. The number of ketones is 1. The van der Waals surface area contributed by atoms with Gasteiger partial charge in [0.25, 0.3) is 0 Å². The van der Waals surface area contributed by atoms with Gasteiger partial charge in [-0.25, -0.2) is 8.42 Å². The van der Waals surface area contributed by atoms with E-state index in [9.17, 15) is 13.2 Å². The van der Waals surface area contributed by atoms with E-state index >= 15 is 0 Å². The number of methoxy groups -OCH3 is 1. The zero-order chi connectivity index (χ0) is 12.3. The van der Waals surface area contributed by atoms with Gasteiger partial charge in [-0.2, -0.15) is 0 Å². The average molecular weight is 354 g/mol. The van der Waals surface area contributed by atoms with Crippen molar-refractivity contribution in [3.63, 3.8) is 0 Å². The van der Waals surface area contributed by atoms with Crippen LogP contribution >= 0.6 is 22.6 Å². The molecular weight excluding hydrogens is 343 g/mol. The van der Waals surface area contributed by atoms with Gasteiger partial charge in [-0.1, -0.05) is 0 Å². The van der Waals surface area contributed by atoms with E-state index < -0.39 is 21.4 Å². The van der Waals surface area contributed by atoms with Crippen molar-refractivity contribution < 1.29 is 17.9 Å². The number of Topliss-reactive ketones (excluding diaryl/α,β-unsaturated/α-hetero) is 1. The SMILES string of the molecule is COc1ccc(I)cc1C(=O)CS(C)(=O)=O. The third-order valence-corrected chi connectivity index (χ3v) is 3.31. The van der Waals surface area contributed by atoms with E-state index in [4.69, 9.17) is 4.74 Å². The van der Waals surface area contributed by atoms with Gasteiger partial charge < -0.3 is 4.74 Å². The lowest BCUT2D eigenvalue weighted by Gasteiger charge is -2.07. The Bertz CT molecular complexity index is 508. The minimum absolute atomic E-state index is 0.305. The van der Waals surface area contributed by atoms with Gasteiger partial charge in [-0.3, -0.25) is 4.79 Å². The Hall–Kier alpha value is -0.630. The first-order valence-electron chi connectivity index (χ1n) is 4.38. The first kappa shape index (κ1) is 13.4. The summed E-state index contributed by atoms with van der Waals surface area (Å²) in [4.78, 5) is 11.7. The van der Waals surface area contributed by atoms with Crippen LogP contribution in [0.3, 0.4) is 0 Å². The third-order valence-electron chi connectivity index (χ3n) is 1.86. The number of carbonyl (C=O) groups is 1. The van der Waals surface area contributed by atoms with Gasteiger partial charge in [0, 0.05) is 9.83 Å². The summed E-state index contributed by atoms with van der Waals surface area (Å²) in [5, 5.41) is 0. The molecule has 0 aliphatic heterocycles. The molecule has 0 saturated carbocycles. The number of rotatable bonds is 4. The highest BCUT2D eigenvalue weighted by molar-refractivity contribution is 14.1. The summed E-state index contributed by atoms with van der Waals surface area (Å²) in [6.07, 6.45) is 1.03. The van der Waals surface area contributed by atoms with Gasteiger partial charge in [0.05, 0.1) is 12.7 Å². The molecular formula is C10H11IO4S. The molecule has 0 aliphatic carbocycles. The Labute approximate surface area is 108 Å². The number of ether oxygens (including phenoxy) is 1. The maximum Gasteiger partial charge on any atom is 0.181 e. The molecule has 0 N–H and O–H groups in total. The molecule has 0 saturated heterocycles. The van der Waals surface area contributed by atoms with Crippen LogP contribution in [0, 0.1) is 3.57 Å². The third kappa shape index (κ3) is 3.75. The van der Waals surface area contributed by atoms with E-state index in [0.717, 1.165) is 9.83 Å². The van der Waals surface area contributed by atoms with E-state index in [0.29, 0.717) is 11.3 Å². The molecule has 1 aromatic rings. The lowest BCUT2D eigenvalue weighted by molar-refractivity contribution is 0.101. The second-order valence-electron chi connectivity index (χ2n) is 3.34. The fourth-order valence-electron chi connectivity index (χ4n) is 1.21. The summed E-state index contributed by atoms with van der Waals surface area (Å²) in [5.74, 6) is -0.546. The molecule has 0 heterocycles. The van der Waals surface area contributed by atoms with E-state index in [-0.39, 0.29) is 0 Å². The van der Waals surface area contributed by atoms with Crippen molar-refractivity contribution in [2.75, 3.05) is 19.1 Å². The van der Waals surface area contributed by atoms with Crippen molar-refractivity contribution in [1.82, 2.24) is 0 Å². The van der Waals surface area contributed by atoms with E-state index in [1.165, 1.54) is 7.11 Å². The minimum atomic E-state index is -3.32. The van der Waals surface area contributed by atoms with Crippen LogP contribution in [-0.4, -0.2) is 33.3 Å². The predicted molar refractivity (Wildman–Crippen MR) is 69.8 cm³/mol. The maximum absolute atomic E-state index is 11.7. The molecule has 0 spiro atoms. The van der Waals surface area contributed by atoms with Crippen molar-refractivity contribution in [3.05, 3.63) is 27.3 Å². The first-order chi connectivity index (χ1) is 7.33. The monoisotopic (exact) mass is 354 g/mol. The Kier molecular flexibility index (Phi) is 4.31. The summed E-state index contributed by atoms with van der Waals surface area (Å²) in [6, 6.07) is 5.06. The molecule has 0 amide bonds. The minimum Gasteiger partial charge on any atom is -0.496 e. The highest BCUT2D eigenvalue weighted by Gasteiger charge is 2.17. The molecule has 88 valence electrons. The van der Waals surface area contributed by atoms with Gasteiger partial charge in [-0.05, 0) is 40.8 Å². The van der Waals surface area contributed by atoms with Gasteiger partial charge in [0.2, 0.25) is 0 Å². The molecule has 4 nitrogen and oxygen atoms in total. The van der Waals surface area contributed by atoms with Crippen LogP contribution in [0.5, 0.6) is 5.75 Å². The average Bonchev–Trinajstić information content (AvgIpc) is 2.15. The lowest BCUT2D eigenvalue weighted by atomic mass is 10.1. The summed E-state index contributed by atoms with van der Waals surface area (Å²) in [7, 11) is -1.87. The Morgan fingerprint density at radius 3 is 2.56 bits per heavy atom. The maximum atomic E-state index is 11.7. The fourth-order valence-corrected chi connectivity index (χ4v) is 2.34. The molecule has 0 atom stereocenters. The Morgan fingerprint density at radius 2 is 2.06 bits per heavy atom. The summed E-state index contributed by atoms with van der Waals surface area (Å²) >= 11 is 2.05. The van der Waals surface area contributed by atoms with Crippen molar-refractivity contribution in [2.24, 2.45) is 0 Å². The molecule has 0 aliphatic rings. The fraction of sp³-hybridized carbons (Fsp3) is 0.300. The summed E-state index contributed by atoms with van der Waals surface area (Å²) < 4.78 is 27.9. The van der Waals surface area contributed by atoms with Crippen LogP contribution in [0.4, 0.5) is 0 Å². The molecule has 6 heteroatoms. The molecule has 1 rings (SSSR count). The quantitative estimate of drug-likeness (QED) is 0.608. The number of halogens is 1. The Morgan fingerprint density at radius 1 is 1.44 bits per heavy atom. The number of sulfone groups is 1. The van der Waals surface area contributed by atoms with Gasteiger partial charge >= 0.3 is 0 Å². The second kappa shape index (κ2) is 5.13. The van der Waals surface area contributed by atoms with Crippen LogP contribution in [0.15, 0.2) is 18.2 Å². The number of carbonyl (C=O) groups excluding carboxylic acids is 1. The van der Waals surface area contributed by atoms with Crippen LogP contribution < -0.4 is 4.74 Å². The predicted octanol–water partition coefficient (Wildman–Crippen LogP) is 1.53. The van der Waals surface area contributed by atoms with Crippen LogP contribution in [0.2, 0.25) is 0 Å². The van der Waals surface area contributed by atoms with Crippen LogP contribution in [0.25, 0.3) is 0 Å². The van der Waals surface area contributed by atoms with E-state index in [1.807, 2.05) is 0 Å². The molecule has 16 heavy (non-hydrogen) atoms. The Balaban J connectivity index is 3.12. The summed E-state index contributed by atoms with van der Waals surface area (Å²) in [6.45, 7) is 0. The molecule has 0 unspecified atom stereocenters. The largest absolute Gasteiger partial charge is 0.496 e. The highest BCUT2D eigenvalue weighted by Crippen LogP contribution is 2.21. The molecule has 0 aromatic heterocycles. The highest BCUT2D eigenvalue weighted by atomic mass is 127. The van der Waals surface area contributed by atoms with Crippen LogP contribution in [-0.2, 0) is 9.84 Å². The van der Waals surface area contributed by atoms with Crippen molar-refractivity contribution in [3.8, 4) is 5.75 Å². The zero-order valence-corrected chi connectivity index (χ0v) is 11.8. The molecule has 0 fully saturated rings. The normalized spacial score (nSPS) is 11.2. The zero-order valence-electron chi connectivity index (χ0n) is 8.86. The standard InChI is InChI=1S/C10H11IO4S/c1-15-10-4-3-7(11)5-8(10)9(12)6-16(2,13)14/h3-5H,6H2,1-2H3. The number of benzene rings is 1. The molecule has 1 aromatic carbocycles. The number of hydrogen-bond donors (Lipinski definition) is 0. The second-order valence-corrected chi connectivity index (χ2v) is 6.72. The van der Waals surface area contributed by atoms with Crippen LogP contribution in [0.1, 0.15) is 10.4 Å².